The number of rotatable bonds is 7. The maximum atomic E-state index is 13.2. The molecule has 7 heteroatoms. The van der Waals surface area contributed by atoms with Crippen molar-refractivity contribution in [2.45, 2.75) is 31.0 Å². The van der Waals surface area contributed by atoms with Crippen LogP contribution in [0.1, 0.15) is 29.6 Å². The average Bonchev–Trinajstić information content (AvgIpc) is 3.27. The fourth-order valence-corrected chi connectivity index (χ4v) is 5.05. The molecule has 3 aliphatic rings. The van der Waals surface area contributed by atoms with Crippen LogP contribution >= 0.6 is 0 Å². The molecule has 0 aromatic heterocycles. The molecule has 2 aromatic rings. The molecule has 5 rings (SSSR count). The molecule has 3 aliphatic heterocycles. The average molecular weight is 467 g/mol. The number of amides is 1. The predicted molar refractivity (Wildman–Crippen MR) is 128 cm³/mol. The van der Waals surface area contributed by atoms with E-state index in [-0.39, 0.29) is 17.6 Å². The number of benzene rings is 2. The molecular weight excluding hydrogens is 432 g/mol. The summed E-state index contributed by atoms with van der Waals surface area (Å²) in [6.07, 6.45) is 2.61. The van der Waals surface area contributed by atoms with Crippen LogP contribution in [-0.4, -0.2) is 86.6 Å². The van der Waals surface area contributed by atoms with E-state index in [1.165, 1.54) is 0 Å². The third kappa shape index (κ3) is 5.71. The molecule has 0 aliphatic carbocycles. The number of piperidine rings is 1. The van der Waals surface area contributed by atoms with E-state index in [2.05, 4.69) is 4.90 Å². The van der Waals surface area contributed by atoms with Gasteiger partial charge in [-0.05, 0) is 43.2 Å². The van der Waals surface area contributed by atoms with Crippen molar-refractivity contribution in [3.8, 4) is 11.5 Å². The van der Waals surface area contributed by atoms with E-state index in [9.17, 15) is 4.79 Å². The maximum Gasteiger partial charge on any atom is 0.253 e. The highest BCUT2D eigenvalue weighted by atomic mass is 16.6. The van der Waals surface area contributed by atoms with Crippen LogP contribution in [0.25, 0.3) is 0 Å². The van der Waals surface area contributed by atoms with Gasteiger partial charge < -0.3 is 23.8 Å². The molecule has 2 aromatic carbocycles. The number of morpholine rings is 1. The fraction of sp³-hybridized carbons (Fsp3) is 0.519. The molecule has 0 radical (unpaired) electrons. The van der Waals surface area contributed by atoms with Gasteiger partial charge >= 0.3 is 0 Å². The van der Waals surface area contributed by atoms with Gasteiger partial charge in [0, 0.05) is 44.7 Å². The predicted octanol–water partition coefficient (Wildman–Crippen LogP) is 3.24. The topological polar surface area (TPSA) is 60.5 Å². The zero-order valence-corrected chi connectivity index (χ0v) is 19.7. The van der Waals surface area contributed by atoms with E-state index < -0.39 is 0 Å². The normalized spacial score (nSPS) is 22.6. The van der Waals surface area contributed by atoms with Crippen molar-refractivity contribution in [3.05, 3.63) is 60.2 Å². The molecule has 0 saturated carbocycles. The summed E-state index contributed by atoms with van der Waals surface area (Å²) in [5, 5.41) is 0. The van der Waals surface area contributed by atoms with Crippen molar-refractivity contribution < 1.29 is 23.7 Å². The van der Waals surface area contributed by atoms with Gasteiger partial charge in [-0.15, -0.1) is 0 Å². The first kappa shape index (κ1) is 23.1. The molecule has 34 heavy (non-hydrogen) atoms. The number of hydrogen-bond acceptors (Lipinski definition) is 6. The summed E-state index contributed by atoms with van der Waals surface area (Å²) in [6.45, 7) is 6.92. The first-order chi connectivity index (χ1) is 16.7. The van der Waals surface area contributed by atoms with Crippen LogP contribution in [0.2, 0.25) is 0 Å². The number of hydrogen-bond donors (Lipinski definition) is 0. The van der Waals surface area contributed by atoms with Gasteiger partial charge in [0.15, 0.2) is 0 Å². The van der Waals surface area contributed by atoms with Crippen LogP contribution in [0.5, 0.6) is 11.5 Å². The molecule has 1 spiro atoms. The highest BCUT2D eigenvalue weighted by Gasteiger charge is 2.44. The number of nitrogens with zero attached hydrogens (tertiary/aromatic N) is 2. The van der Waals surface area contributed by atoms with E-state index in [1.54, 1.807) is 0 Å². The van der Waals surface area contributed by atoms with Crippen LogP contribution in [0.4, 0.5) is 0 Å². The Morgan fingerprint density at radius 2 is 1.74 bits per heavy atom. The van der Waals surface area contributed by atoms with Crippen molar-refractivity contribution in [2.75, 3.05) is 59.2 Å². The number of carbonyl (C=O) groups excluding carboxylic acids is 1. The zero-order valence-electron chi connectivity index (χ0n) is 19.7. The Morgan fingerprint density at radius 3 is 2.53 bits per heavy atom. The Morgan fingerprint density at radius 1 is 0.971 bits per heavy atom. The lowest BCUT2D eigenvalue weighted by Gasteiger charge is -2.38. The van der Waals surface area contributed by atoms with Gasteiger partial charge in [0.2, 0.25) is 0 Å². The van der Waals surface area contributed by atoms with Gasteiger partial charge in [-0.25, -0.2) is 0 Å². The minimum absolute atomic E-state index is 0.0589. The number of carbonyl (C=O) groups is 1. The van der Waals surface area contributed by atoms with Crippen molar-refractivity contribution >= 4 is 5.91 Å². The first-order valence-electron chi connectivity index (χ1n) is 12.4. The number of ether oxygens (including phenoxy) is 4. The molecule has 0 bridgehead atoms. The van der Waals surface area contributed by atoms with Crippen LogP contribution in [0.15, 0.2) is 54.6 Å². The van der Waals surface area contributed by atoms with E-state index in [4.69, 9.17) is 18.9 Å². The lowest BCUT2D eigenvalue weighted by Crippen LogP contribution is -2.46. The second-order valence-corrected chi connectivity index (χ2v) is 9.37. The van der Waals surface area contributed by atoms with Crippen LogP contribution in [0, 0.1) is 0 Å². The van der Waals surface area contributed by atoms with Crippen molar-refractivity contribution in [1.82, 2.24) is 9.80 Å². The molecule has 1 atom stereocenters. The Bertz CT molecular complexity index is 939. The summed E-state index contributed by atoms with van der Waals surface area (Å²) in [5.74, 6) is 1.68. The minimum Gasteiger partial charge on any atom is -0.492 e. The van der Waals surface area contributed by atoms with Gasteiger partial charge in [-0.2, -0.15) is 0 Å². The highest BCUT2D eigenvalue weighted by Crippen LogP contribution is 2.37. The van der Waals surface area contributed by atoms with Crippen LogP contribution < -0.4 is 9.47 Å². The van der Waals surface area contributed by atoms with Gasteiger partial charge in [0.25, 0.3) is 5.91 Å². The summed E-state index contributed by atoms with van der Waals surface area (Å²) < 4.78 is 23.6. The van der Waals surface area contributed by atoms with Gasteiger partial charge in [-0.1, -0.05) is 24.3 Å². The molecular formula is C27H34N2O5. The van der Waals surface area contributed by atoms with E-state index >= 15 is 0 Å². The van der Waals surface area contributed by atoms with Crippen LogP contribution in [0.3, 0.4) is 0 Å². The zero-order chi connectivity index (χ0) is 23.2. The standard InChI is InChI=1S/C27H34N2O5/c30-26(22-5-4-8-24(19-22)32-18-15-28-13-16-31-17-14-28)29-11-9-27(10-12-29)20-25(21-33-27)34-23-6-2-1-3-7-23/h1-8,19,25H,9-18,20-21H2/t25-/m1/s1. The van der Waals surface area contributed by atoms with Gasteiger partial charge in [-0.3, -0.25) is 9.69 Å². The monoisotopic (exact) mass is 466 g/mol. The lowest BCUT2D eigenvalue weighted by atomic mass is 9.87. The van der Waals surface area contributed by atoms with Crippen molar-refractivity contribution in [2.24, 2.45) is 0 Å². The van der Waals surface area contributed by atoms with Gasteiger partial charge in [0.05, 0.1) is 25.4 Å². The van der Waals surface area contributed by atoms with Crippen molar-refractivity contribution in [1.29, 1.82) is 0 Å². The molecule has 0 N–H and O–H groups in total. The fourth-order valence-electron chi connectivity index (χ4n) is 5.05. The van der Waals surface area contributed by atoms with Gasteiger partial charge in [0.1, 0.15) is 24.2 Å². The largest absolute Gasteiger partial charge is 0.492 e. The van der Waals surface area contributed by atoms with E-state index in [0.29, 0.717) is 31.9 Å². The highest BCUT2D eigenvalue weighted by molar-refractivity contribution is 5.94. The smallest absolute Gasteiger partial charge is 0.253 e. The second-order valence-electron chi connectivity index (χ2n) is 9.37. The maximum absolute atomic E-state index is 13.2. The van der Waals surface area contributed by atoms with E-state index in [0.717, 1.165) is 63.6 Å². The Kier molecular flexibility index (Phi) is 7.33. The molecule has 3 heterocycles. The number of para-hydroxylation sites is 1. The first-order valence-corrected chi connectivity index (χ1v) is 12.4. The summed E-state index contributed by atoms with van der Waals surface area (Å²) >= 11 is 0. The summed E-state index contributed by atoms with van der Waals surface area (Å²) in [6, 6.07) is 17.5. The van der Waals surface area contributed by atoms with E-state index in [1.807, 2.05) is 59.5 Å². The third-order valence-electron chi connectivity index (χ3n) is 7.04. The Hall–Kier alpha value is -2.61. The lowest BCUT2D eigenvalue weighted by molar-refractivity contribution is -0.0395. The summed E-state index contributed by atoms with van der Waals surface area (Å²) in [7, 11) is 0. The van der Waals surface area contributed by atoms with Crippen molar-refractivity contribution in [3.63, 3.8) is 0 Å². The molecule has 1 amide bonds. The second kappa shape index (κ2) is 10.8. The Balaban J connectivity index is 1.10. The molecule has 7 nitrogen and oxygen atoms in total. The SMILES string of the molecule is O=C(c1cccc(OCCN2CCOCC2)c1)N1CCC2(CC1)C[C@@H](Oc1ccccc1)CO2. The molecule has 0 unspecified atom stereocenters. The quantitative estimate of drug-likeness (QED) is 0.625. The van der Waals surface area contributed by atoms with Crippen LogP contribution in [-0.2, 0) is 9.47 Å². The summed E-state index contributed by atoms with van der Waals surface area (Å²) in [5.41, 5.74) is 0.498. The molecule has 3 fully saturated rings. The summed E-state index contributed by atoms with van der Waals surface area (Å²) in [4.78, 5) is 17.4. The third-order valence-corrected chi connectivity index (χ3v) is 7.04. The Labute approximate surface area is 201 Å². The minimum atomic E-state index is -0.180. The molecule has 182 valence electrons. The molecule has 3 saturated heterocycles. The number of likely N-dealkylation sites (tertiary alicyclic amines) is 1.